The Morgan fingerprint density at radius 2 is 1.44 bits per heavy atom. The normalized spacial score (nSPS) is 11.7. The Labute approximate surface area is 194 Å². The Balaban J connectivity index is 1.84. The number of unbranched alkanes of at least 4 members (excludes halogenated alkanes) is 2. The summed E-state index contributed by atoms with van der Waals surface area (Å²) in [6.45, 7) is 13.2. The Morgan fingerprint density at radius 3 is 2.03 bits per heavy atom. The molecule has 0 saturated carbocycles. The van der Waals surface area contributed by atoms with E-state index in [1.165, 1.54) is 25.7 Å². The zero-order valence-electron chi connectivity index (χ0n) is 20.7. The third kappa shape index (κ3) is 16.3. The molecule has 8 heteroatoms. The third-order valence-corrected chi connectivity index (χ3v) is 5.02. The molecular formula is C24H45N3O5. The second-order valence-corrected chi connectivity index (χ2v) is 8.79. The fraction of sp³-hybridized carbons (Fsp3) is 0.875. The van der Waals surface area contributed by atoms with Crippen molar-refractivity contribution in [2.75, 3.05) is 52.9 Å². The van der Waals surface area contributed by atoms with E-state index >= 15 is 0 Å². The van der Waals surface area contributed by atoms with Gasteiger partial charge in [-0.2, -0.15) is 0 Å². The Hall–Kier alpha value is -1.35. The SMILES string of the molecule is CC(C)CCCCCc1cn(CCOCCOCCOCCOCCC(=O)C(C)C)nn1. The maximum atomic E-state index is 11.4. The van der Waals surface area contributed by atoms with Crippen LogP contribution < -0.4 is 0 Å². The standard InChI is InChI=1S/C24H45N3O5/c1-21(2)8-6-5-7-9-23-20-27(26-25-23)11-13-30-15-17-32-19-18-31-16-14-29-12-10-24(28)22(3)4/h20-22H,5-19H2,1-4H3. The first-order valence-electron chi connectivity index (χ1n) is 12.2. The van der Waals surface area contributed by atoms with Crippen molar-refractivity contribution < 1.29 is 23.7 Å². The lowest BCUT2D eigenvalue weighted by molar-refractivity contribution is -0.123. The summed E-state index contributed by atoms with van der Waals surface area (Å²) in [5.41, 5.74) is 1.06. The number of carbonyl (C=O) groups is 1. The number of ketones is 1. The van der Waals surface area contributed by atoms with Crippen molar-refractivity contribution in [3.8, 4) is 0 Å². The second-order valence-electron chi connectivity index (χ2n) is 8.79. The molecule has 186 valence electrons. The molecule has 32 heavy (non-hydrogen) atoms. The highest BCUT2D eigenvalue weighted by molar-refractivity contribution is 5.80. The quantitative estimate of drug-likeness (QED) is 0.246. The summed E-state index contributed by atoms with van der Waals surface area (Å²) in [7, 11) is 0. The molecule has 1 aromatic heterocycles. The van der Waals surface area contributed by atoms with E-state index in [2.05, 4.69) is 24.2 Å². The van der Waals surface area contributed by atoms with E-state index < -0.39 is 0 Å². The number of Topliss-reactive ketones (excluding diaryl/α,β-unsaturated/α-hetero) is 1. The van der Waals surface area contributed by atoms with Gasteiger partial charge in [0.05, 0.1) is 65.1 Å². The lowest BCUT2D eigenvalue weighted by atomic mass is 10.0. The molecule has 1 heterocycles. The number of ether oxygens (including phenoxy) is 4. The number of carbonyl (C=O) groups excluding carboxylic acids is 1. The molecule has 0 amide bonds. The van der Waals surface area contributed by atoms with Crippen molar-refractivity contribution in [3.63, 3.8) is 0 Å². The predicted molar refractivity (Wildman–Crippen MR) is 125 cm³/mol. The molecule has 0 aromatic carbocycles. The molecule has 0 atom stereocenters. The summed E-state index contributed by atoms with van der Waals surface area (Å²) >= 11 is 0. The van der Waals surface area contributed by atoms with Crippen LogP contribution in [-0.2, 0) is 36.7 Å². The summed E-state index contributed by atoms with van der Waals surface area (Å²) in [4.78, 5) is 11.4. The molecule has 8 nitrogen and oxygen atoms in total. The maximum Gasteiger partial charge on any atom is 0.137 e. The summed E-state index contributed by atoms with van der Waals surface area (Å²) < 4.78 is 23.7. The topological polar surface area (TPSA) is 84.7 Å². The Bertz CT molecular complexity index is 578. The van der Waals surface area contributed by atoms with E-state index in [0.717, 1.165) is 18.0 Å². The Kier molecular flexibility index (Phi) is 17.2. The lowest BCUT2D eigenvalue weighted by Crippen LogP contribution is -2.14. The Morgan fingerprint density at radius 1 is 0.844 bits per heavy atom. The molecule has 0 aliphatic heterocycles. The monoisotopic (exact) mass is 455 g/mol. The zero-order valence-corrected chi connectivity index (χ0v) is 20.7. The number of hydrogen-bond acceptors (Lipinski definition) is 7. The molecule has 1 rings (SSSR count). The van der Waals surface area contributed by atoms with Crippen LogP contribution in [0.2, 0.25) is 0 Å². The van der Waals surface area contributed by atoms with Gasteiger partial charge in [-0.15, -0.1) is 5.10 Å². The van der Waals surface area contributed by atoms with Crippen molar-refractivity contribution in [2.24, 2.45) is 11.8 Å². The van der Waals surface area contributed by atoms with Crippen LogP contribution in [0.4, 0.5) is 0 Å². The highest BCUT2D eigenvalue weighted by atomic mass is 16.6. The fourth-order valence-electron chi connectivity index (χ4n) is 2.98. The molecule has 0 bridgehead atoms. The average Bonchev–Trinajstić information content (AvgIpc) is 3.20. The molecule has 0 spiro atoms. The van der Waals surface area contributed by atoms with Gasteiger partial charge in [-0.05, 0) is 18.8 Å². The van der Waals surface area contributed by atoms with E-state index in [9.17, 15) is 4.79 Å². The molecule has 1 aromatic rings. The average molecular weight is 456 g/mol. The summed E-state index contributed by atoms with van der Waals surface area (Å²) in [5, 5.41) is 8.40. The van der Waals surface area contributed by atoms with Gasteiger partial charge in [0.15, 0.2) is 0 Å². The van der Waals surface area contributed by atoms with E-state index in [-0.39, 0.29) is 11.7 Å². The number of aryl methyl sites for hydroxylation is 1. The van der Waals surface area contributed by atoms with Gasteiger partial charge in [0.1, 0.15) is 5.78 Å². The number of aromatic nitrogens is 3. The number of hydrogen-bond donors (Lipinski definition) is 0. The molecule has 0 fully saturated rings. The largest absolute Gasteiger partial charge is 0.379 e. The smallest absolute Gasteiger partial charge is 0.137 e. The molecule has 0 N–H and O–H groups in total. The maximum absolute atomic E-state index is 11.4. The minimum absolute atomic E-state index is 0.0746. The van der Waals surface area contributed by atoms with Crippen molar-refractivity contribution in [1.82, 2.24) is 15.0 Å². The van der Waals surface area contributed by atoms with Gasteiger partial charge >= 0.3 is 0 Å². The first-order chi connectivity index (χ1) is 15.5. The van der Waals surface area contributed by atoms with Crippen LogP contribution in [0.1, 0.15) is 65.5 Å². The first-order valence-corrected chi connectivity index (χ1v) is 12.2. The predicted octanol–water partition coefficient (Wildman–Crippen LogP) is 3.72. The van der Waals surface area contributed by atoms with Crippen LogP contribution in [0, 0.1) is 11.8 Å². The molecule has 0 radical (unpaired) electrons. The summed E-state index contributed by atoms with van der Waals surface area (Å²) in [5.74, 6) is 1.10. The molecule has 0 unspecified atom stereocenters. The van der Waals surface area contributed by atoms with Gasteiger partial charge in [0, 0.05) is 18.5 Å². The van der Waals surface area contributed by atoms with Crippen LogP contribution in [-0.4, -0.2) is 73.6 Å². The van der Waals surface area contributed by atoms with Crippen LogP contribution in [0.15, 0.2) is 6.20 Å². The minimum atomic E-state index is 0.0746. The van der Waals surface area contributed by atoms with Gasteiger partial charge in [-0.1, -0.05) is 52.2 Å². The van der Waals surface area contributed by atoms with Crippen molar-refractivity contribution in [2.45, 2.75) is 72.8 Å². The summed E-state index contributed by atoms with van der Waals surface area (Å²) in [6.07, 6.45) is 8.52. The van der Waals surface area contributed by atoms with Crippen LogP contribution in [0.3, 0.4) is 0 Å². The molecule has 0 aliphatic rings. The van der Waals surface area contributed by atoms with Gasteiger partial charge in [-0.25, -0.2) is 4.68 Å². The second kappa shape index (κ2) is 19.1. The molecule has 0 aliphatic carbocycles. The van der Waals surface area contributed by atoms with Gasteiger partial charge in [-0.3, -0.25) is 4.79 Å². The van der Waals surface area contributed by atoms with Crippen molar-refractivity contribution >= 4 is 5.78 Å². The molecular weight excluding hydrogens is 410 g/mol. The summed E-state index contributed by atoms with van der Waals surface area (Å²) in [6, 6.07) is 0. The van der Waals surface area contributed by atoms with Gasteiger partial charge in [0.25, 0.3) is 0 Å². The lowest BCUT2D eigenvalue weighted by Gasteiger charge is -2.08. The highest BCUT2D eigenvalue weighted by Gasteiger charge is 2.06. The molecule has 0 saturated heterocycles. The number of rotatable bonds is 22. The van der Waals surface area contributed by atoms with E-state index in [0.29, 0.717) is 65.8 Å². The van der Waals surface area contributed by atoms with Crippen LogP contribution in [0.5, 0.6) is 0 Å². The van der Waals surface area contributed by atoms with E-state index in [4.69, 9.17) is 18.9 Å². The minimum Gasteiger partial charge on any atom is -0.379 e. The van der Waals surface area contributed by atoms with E-state index in [1.807, 2.05) is 24.7 Å². The first kappa shape index (κ1) is 28.7. The van der Waals surface area contributed by atoms with E-state index in [1.54, 1.807) is 0 Å². The van der Waals surface area contributed by atoms with Gasteiger partial charge < -0.3 is 18.9 Å². The van der Waals surface area contributed by atoms with Crippen LogP contribution in [0.25, 0.3) is 0 Å². The fourth-order valence-corrected chi connectivity index (χ4v) is 2.98. The van der Waals surface area contributed by atoms with Crippen molar-refractivity contribution in [3.05, 3.63) is 11.9 Å². The highest BCUT2D eigenvalue weighted by Crippen LogP contribution is 2.10. The zero-order chi connectivity index (χ0) is 23.4. The number of nitrogens with zero attached hydrogens (tertiary/aromatic N) is 3. The van der Waals surface area contributed by atoms with Crippen LogP contribution >= 0.6 is 0 Å². The third-order valence-electron chi connectivity index (χ3n) is 5.02. The van der Waals surface area contributed by atoms with Gasteiger partial charge in [0.2, 0.25) is 0 Å². The van der Waals surface area contributed by atoms with Crippen molar-refractivity contribution in [1.29, 1.82) is 0 Å².